The predicted molar refractivity (Wildman–Crippen MR) is 72.4 cm³/mol. The van der Waals surface area contributed by atoms with Gasteiger partial charge >= 0.3 is 5.97 Å². The zero-order valence-electron chi connectivity index (χ0n) is 10.9. The summed E-state index contributed by atoms with van der Waals surface area (Å²) in [4.78, 5) is 11.1. The molecular weight excluding hydrogens is 300 g/mol. The fourth-order valence-corrected chi connectivity index (χ4v) is 2.25. The van der Waals surface area contributed by atoms with Crippen LogP contribution in [0.2, 0.25) is 0 Å². The molecule has 0 aliphatic rings. The molecule has 1 N–H and O–H groups in total. The topological polar surface area (TPSA) is 55.8 Å². The molecule has 0 aromatic heterocycles. The molecule has 18 heavy (non-hydrogen) atoms. The molecule has 0 bridgehead atoms. The summed E-state index contributed by atoms with van der Waals surface area (Å²) in [5.41, 5.74) is 0.0438. The van der Waals surface area contributed by atoms with Gasteiger partial charge in [0.2, 0.25) is 0 Å². The fraction of sp³-hybridized carbons (Fsp3) is 0.462. The minimum Gasteiger partial charge on any atom is -0.493 e. The summed E-state index contributed by atoms with van der Waals surface area (Å²) in [7, 11) is 3.11. The van der Waals surface area contributed by atoms with E-state index in [4.69, 9.17) is 14.6 Å². The van der Waals surface area contributed by atoms with Crippen molar-refractivity contribution in [3.8, 4) is 11.5 Å². The van der Waals surface area contributed by atoms with E-state index in [1.54, 1.807) is 34.1 Å². The van der Waals surface area contributed by atoms with Crippen molar-refractivity contribution in [1.82, 2.24) is 0 Å². The molecule has 0 radical (unpaired) electrons. The van der Waals surface area contributed by atoms with Crippen LogP contribution in [-0.4, -0.2) is 25.3 Å². The van der Waals surface area contributed by atoms with Gasteiger partial charge in [0.05, 0.1) is 24.1 Å². The summed E-state index contributed by atoms with van der Waals surface area (Å²) in [5, 5.41) is 9.15. The first-order chi connectivity index (χ1) is 8.33. The van der Waals surface area contributed by atoms with Crippen LogP contribution in [0.15, 0.2) is 16.6 Å². The largest absolute Gasteiger partial charge is 0.493 e. The minimum absolute atomic E-state index is 0.406. The lowest BCUT2D eigenvalue weighted by molar-refractivity contribution is -0.146. The van der Waals surface area contributed by atoms with Gasteiger partial charge in [0.25, 0.3) is 0 Å². The molecule has 0 atom stereocenters. The lowest BCUT2D eigenvalue weighted by Gasteiger charge is -2.21. The lowest BCUT2D eigenvalue weighted by atomic mass is 9.86. The second-order valence-corrected chi connectivity index (χ2v) is 5.43. The highest BCUT2D eigenvalue weighted by molar-refractivity contribution is 9.10. The number of hydrogen-bond acceptors (Lipinski definition) is 3. The van der Waals surface area contributed by atoms with Crippen LogP contribution in [0.25, 0.3) is 0 Å². The van der Waals surface area contributed by atoms with Crippen LogP contribution in [0.4, 0.5) is 0 Å². The third-order valence-electron chi connectivity index (χ3n) is 2.78. The normalized spacial score (nSPS) is 11.2. The summed E-state index contributed by atoms with van der Waals surface area (Å²) in [6.45, 7) is 3.39. The first kappa shape index (κ1) is 14.8. The second-order valence-electron chi connectivity index (χ2n) is 4.64. The summed E-state index contributed by atoms with van der Waals surface area (Å²) in [5.74, 6) is 0.363. The molecule has 0 aliphatic heterocycles. The van der Waals surface area contributed by atoms with Crippen molar-refractivity contribution in [2.45, 2.75) is 20.3 Å². The van der Waals surface area contributed by atoms with Gasteiger partial charge in [-0.3, -0.25) is 4.79 Å². The summed E-state index contributed by atoms with van der Waals surface area (Å²) in [6, 6.07) is 3.62. The fourth-order valence-electron chi connectivity index (χ4n) is 1.62. The molecule has 4 nitrogen and oxygen atoms in total. The number of halogens is 1. The SMILES string of the molecule is COc1ccc(CC(C)(C)C(=O)O)c(Br)c1OC. The molecule has 0 saturated carbocycles. The number of carboxylic acid groups (broad SMARTS) is 1. The van der Waals surface area contributed by atoms with E-state index in [9.17, 15) is 4.79 Å². The van der Waals surface area contributed by atoms with Gasteiger partial charge in [-0.1, -0.05) is 6.07 Å². The molecule has 0 spiro atoms. The van der Waals surface area contributed by atoms with E-state index in [0.717, 1.165) is 10.0 Å². The highest BCUT2D eigenvalue weighted by Crippen LogP contribution is 2.39. The minimum atomic E-state index is -0.831. The van der Waals surface area contributed by atoms with Crippen molar-refractivity contribution in [1.29, 1.82) is 0 Å². The highest BCUT2D eigenvalue weighted by atomic mass is 79.9. The van der Waals surface area contributed by atoms with Crippen LogP contribution in [0.1, 0.15) is 19.4 Å². The molecule has 0 saturated heterocycles. The molecule has 1 aromatic rings. The van der Waals surface area contributed by atoms with E-state index >= 15 is 0 Å². The molecule has 0 aliphatic carbocycles. The quantitative estimate of drug-likeness (QED) is 0.906. The van der Waals surface area contributed by atoms with Crippen LogP contribution in [0.3, 0.4) is 0 Å². The number of rotatable bonds is 5. The van der Waals surface area contributed by atoms with Gasteiger partial charge in [-0.2, -0.15) is 0 Å². The van der Waals surface area contributed by atoms with E-state index < -0.39 is 11.4 Å². The number of benzene rings is 1. The predicted octanol–water partition coefficient (Wildman–Crippen LogP) is 3.12. The Morgan fingerprint density at radius 3 is 2.39 bits per heavy atom. The van der Waals surface area contributed by atoms with Gasteiger partial charge in [0, 0.05) is 0 Å². The Labute approximate surface area is 115 Å². The molecule has 0 heterocycles. The first-order valence-corrected chi connectivity index (χ1v) is 6.25. The number of hydrogen-bond donors (Lipinski definition) is 1. The highest BCUT2D eigenvalue weighted by Gasteiger charge is 2.29. The summed E-state index contributed by atoms with van der Waals surface area (Å²) in [6.07, 6.45) is 0.406. The maximum atomic E-state index is 11.1. The smallest absolute Gasteiger partial charge is 0.309 e. The Balaban J connectivity index is 3.16. The van der Waals surface area contributed by atoms with Gasteiger partial charge in [-0.15, -0.1) is 0 Å². The lowest BCUT2D eigenvalue weighted by Crippen LogP contribution is -2.26. The van der Waals surface area contributed by atoms with Crippen LogP contribution in [0.5, 0.6) is 11.5 Å². The number of aliphatic carboxylic acids is 1. The van der Waals surface area contributed by atoms with Gasteiger partial charge < -0.3 is 14.6 Å². The van der Waals surface area contributed by atoms with Gasteiger partial charge in [-0.05, 0) is 47.8 Å². The number of carboxylic acids is 1. The van der Waals surface area contributed by atoms with Crippen molar-refractivity contribution in [2.75, 3.05) is 14.2 Å². The van der Waals surface area contributed by atoms with E-state index in [1.807, 2.05) is 6.07 Å². The maximum Gasteiger partial charge on any atom is 0.309 e. The average molecular weight is 317 g/mol. The van der Waals surface area contributed by atoms with Crippen molar-refractivity contribution in [2.24, 2.45) is 5.41 Å². The summed E-state index contributed by atoms with van der Waals surface area (Å²) < 4.78 is 11.2. The van der Waals surface area contributed by atoms with Crippen LogP contribution in [-0.2, 0) is 11.2 Å². The second kappa shape index (κ2) is 5.61. The molecule has 0 amide bonds. The molecule has 0 fully saturated rings. The van der Waals surface area contributed by atoms with Gasteiger partial charge in [-0.25, -0.2) is 0 Å². The average Bonchev–Trinajstić information content (AvgIpc) is 2.31. The van der Waals surface area contributed by atoms with Crippen LogP contribution in [0, 0.1) is 5.41 Å². The number of carbonyl (C=O) groups is 1. The van der Waals surface area contributed by atoms with E-state index in [-0.39, 0.29) is 0 Å². The Bertz CT molecular complexity index is 455. The third kappa shape index (κ3) is 2.96. The molecule has 5 heteroatoms. The standard InChI is InChI=1S/C13H17BrO4/c1-13(2,12(15)16)7-8-5-6-9(17-3)11(18-4)10(8)14/h5-6H,7H2,1-4H3,(H,15,16). The van der Waals surface area contributed by atoms with Crippen molar-refractivity contribution in [3.63, 3.8) is 0 Å². The molecule has 0 unspecified atom stereocenters. The van der Waals surface area contributed by atoms with Gasteiger partial charge in [0.15, 0.2) is 11.5 Å². The first-order valence-electron chi connectivity index (χ1n) is 5.46. The van der Waals surface area contributed by atoms with Crippen molar-refractivity contribution >= 4 is 21.9 Å². The zero-order valence-corrected chi connectivity index (χ0v) is 12.5. The Morgan fingerprint density at radius 2 is 1.94 bits per heavy atom. The van der Waals surface area contributed by atoms with E-state index in [0.29, 0.717) is 17.9 Å². The Kier molecular flexibility index (Phi) is 4.62. The molecule has 1 aromatic carbocycles. The number of ether oxygens (including phenoxy) is 2. The molecule has 1 rings (SSSR count). The van der Waals surface area contributed by atoms with Crippen LogP contribution < -0.4 is 9.47 Å². The molecule has 100 valence electrons. The maximum absolute atomic E-state index is 11.1. The van der Waals surface area contributed by atoms with Crippen LogP contribution >= 0.6 is 15.9 Å². The van der Waals surface area contributed by atoms with Crippen molar-refractivity contribution < 1.29 is 19.4 Å². The number of methoxy groups -OCH3 is 2. The zero-order chi connectivity index (χ0) is 13.9. The van der Waals surface area contributed by atoms with Gasteiger partial charge in [0.1, 0.15) is 0 Å². The van der Waals surface area contributed by atoms with E-state index in [2.05, 4.69) is 15.9 Å². The third-order valence-corrected chi connectivity index (χ3v) is 3.65. The molecular formula is C13H17BrO4. The van der Waals surface area contributed by atoms with E-state index in [1.165, 1.54) is 0 Å². The Morgan fingerprint density at radius 1 is 1.33 bits per heavy atom. The summed E-state index contributed by atoms with van der Waals surface area (Å²) >= 11 is 3.44. The Hall–Kier alpha value is -1.23. The monoisotopic (exact) mass is 316 g/mol. The van der Waals surface area contributed by atoms with Crippen molar-refractivity contribution in [3.05, 3.63) is 22.2 Å².